The van der Waals surface area contributed by atoms with Gasteiger partial charge in [-0.3, -0.25) is 4.57 Å². The minimum atomic E-state index is -0.00664. The molecule has 8 rings (SSSR count). The van der Waals surface area contributed by atoms with Gasteiger partial charge in [0.25, 0.3) is 0 Å². The molecule has 6 aromatic rings. The van der Waals surface area contributed by atoms with Crippen molar-refractivity contribution in [3.8, 4) is 28.4 Å². The summed E-state index contributed by atoms with van der Waals surface area (Å²) < 4.78 is 9.34. The van der Waals surface area contributed by atoms with Crippen molar-refractivity contribution in [3.05, 3.63) is 149 Å². The fraction of sp³-hybridized carbons (Fsp3) is 0.286. The van der Waals surface area contributed by atoms with Crippen molar-refractivity contribution >= 4 is 27.5 Å². The molecule has 0 atom stereocenters. The van der Waals surface area contributed by atoms with E-state index in [1.54, 1.807) is 0 Å². The van der Waals surface area contributed by atoms with E-state index in [1.165, 1.54) is 66.8 Å². The molecule has 2 aliphatic rings. The highest BCUT2D eigenvalue weighted by Gasteiger charge is 2.28. The summed E-state index contributed by atoms with van der Waals surface area (Å²) in [5, 5.41) is 2.41. The SMILES string of the molecule is Cc1cc(C)c2c(c1)c1ccc(Oc3cc(C4=CN(C)C5=CC=CCN45)cc(-c4c(C(C)C)cccc4C(C)C)c3)cc1n2-c1cc(C(C)(C)C)ccn1. The third-order valence-electron chi connectivity index (χ3n) is 11.0. The number of hydrogen-bond acceptors (Lipinski definition) is 4. The molecule has 0 saturated heterocycles. The van der Waals surface area contributed by atoms with Crippen LogP contribution in [-0.2, 0) is 5.41 Å². The molecule has 0 unspecified atom stereocenters. The van der Waals surface area contributed by atoms with Gasteiger partial charge < -0.3 is 14.5 Å². The van der Waals surface area contributed by atoms with Crippen LogP contribution in [0.2, 0.25) is 0 Å². The summed E-state index contributed by atoms with van der Waals surface area (Å²) in [6.45, 7) is 21.1. The predicted octanol–water partition coefficient (Wildman–Crippen LogP) is 12.8. The quantitative estimate of drug-likeness (QED) is 0.165. The number of fused-ring (bicyclic) bond motifs is 4. The van der Waals surface area contributed by atoms with Crippen LogP contribution in [0.15, 0.2) is 115 Å². The molecule has 0 fully saturated rings. The van der Waals surface area contributed by atoms with E-state index >= 15 is 0 Å². The van der Waals surface area contributed by atoms with Gasteiger partial charge in [0, 0.05) is 48.4 Å². The molecule has 0 bridgehead atoms. The molecule has 0 N–H and O–H groups in total. The van der Waals surface area contributed by atoms with Crippen molar-refractivity contribution in [2.75, 3.05) is 13.6 Å². The first-order valence-electron chi connectivity index (χ1n) is 19.4. The summed E-state index contributed by atoms with van der Waals surface area (Å²) in [7, 11) is 2.13. The molecule has 4 aromatic carbocycles. The van der Waals surface area contributed by atoms with Gasteiger partial charge in [0.1, 0.15) is 23.1 Å². The van der Waals surface area contributed by atoms with Crippen molar-refractivity contribution in [2.24, 2.45) is 0 Å². The number of hydrogen-bond donors (Lipinski definition) is 0. The first-order valence-corrected chi connectivity index (χ1v) is 19.4. The molecular formula is C49H52N4O. The van der Waals surface area contributed by atoms with Crippen molar-refractivity contribution in [1.82, 2.24) is 19.4 Å². The van der Waals surface area contributed by atoms with Gasteiger partial charge in [-0.15, -0.1) is 0 Å². The molecular weight excluding hydrogens is 661 g/mol. The Morgan fingerprint density at radius 1 is 0.778 bits per heavy atom. The number of pyridine rings is 1. The van der Waals surface area contributed by atoms with Crippen molar-refractivity contribution in [2.45, 2.75) is 79.6 Å². The highest BCUT2D eigenvalue weighted by atomic mass is 16.5. The maximum absolute atomic E-state index is 7.01. The van der Waals surface area contributed by atoms with Gasteiger partial charge in [-0.25, -0.2) is 4.98 Å². The third kappa shape index (κ3) is 6.20. The lowest BCUT2D eigenvalue weighted by Crippen LogP contribution is -2.24. The van der Waals surface area contributed by atoms with Crippen LogP contribution in [0.1, 0.15) is 93.7 Å². The largest absolute Gasteiger partial charge is 0.457 e. The van der Waals surface area contributed by atoms with Crippen molar-refractivity contribution in [3.63, 3.8) is 0 Å². The van der Waals surface area contributed by atoms with E-state index < -0.39 is 0 Å². The Morgan fingerprint density at radius 3 is 2.24 bits per heavy atom. The number of aromatic nitrogens is 2. The monoisotopic (exact) mass is 712 g/mol. The molecule has 4 heterocycles. The van der Waals surface area contributed by atoms with Gasteiger partial charge in [-0.1, -0.05) is 90.4 Å². The van der Waals surface area contributed by atoms with E-state index in [2.05, 4.69) is 187 Å². The standard InChI is InChI=1S/C49H52N4O/c1-30(2)39-14-13-15-40(31(3)4)47(39)35-24-34(44-29-51(10)46-16-11-12-21-52(44)46)25-38(26-35)54-37-17-18-41-42-23-32(5)22-33(6)48(42)53(43(41)28-37)45-27-36(19-20-50-45)49(7,8)9/h11-20,22-31H,21H2,1-10H3. The van der Waals surface area contributed by atoms with E-state index in [9.17, 15) is 0 Å². The Balaban J connectivity index is 1.32. The summed E-state index contributed by atoms with van der Waals surface area (Å²) in [5.41, 5.74) is 13.5. The van der Waals surface area contributed by atoms with E-state index in [-0.39, 0.29) is 5.41 Å². The second-order valence-electron chi connectivity index (χ2n) is 16.8. The van der Waals surface area contributed by atoms with E-state index in [0.29, 0.717) is 11.8 Å². The predicted molar refractivity (Wildman–Crippen MR) is 227 cm³/mol. The van der Waals surface area contributed by atoms with Crippen LogP contribution in [0.5, 0.6) is 11.5 Å². The summed E-state index contributed by atoms with van der Waals surface area (Å²) in [6, 6.07) is 29.1. The molecule has 2 aromatic heterocycles. The zero-order chi connectivity index (χ0) is 38.1. The third-order valence-corrected chi connectivity index (χ3v) is 11.0. The molecule has 0 amide bonds. The Labute approximate surface area is 320 Å². The Hall–Kier alpha value is -5.55. The zero-order valence-corrected chi connectivity index (χ0v) is 33.5. The lowest BCUT2D eigenvalue weighted by atomic mass is 9.84. The minimum Gasteiger partial charge on any atom is -0.457 e. The zero-order valence-electron chi connectivity index (χ0n) is 33.5. The van der Waals surface area contributed by atoms with E-state index in [0.717, 1.165) is 34.9 Å². The molecule has 0 radical (unpaired) electrons. The average Bonchev–Trinajstić information content (AvgIpc) is 3.65. The molecule has 2 aliphatic heterocycles. The van der Waals surface area contributed by atoms with Crippen LogP contribution < -0.4 is 4.74 Å². The number of rotatable bonds is 7. The number of nitrogens with zero attached hydrogens (tertiary/aromatic N) is 4. The van der Waals surface area contributed by atoms with Crippen molar-refractivity contribution in [1.29, 1.82) is 0 Å². The van der Waals surface area contributed by atoms with Crippen LogP contribution in [0.25, 0.3) is 44.4 Å². The lowest BCUT2D eigenvalue weighted by Gasteiger charge is -2.27. The van der Waals surface area contributed by atoms with Gasteiger partial charge in [0.05, 0.1) is 16.7 Å². The Kier molecular flexibility index (Phi) is 8.80. The first kappa shape index (κ1) is 35.5. The Morgan fingerprint density at radius 2 is 1.52 bits per heavy atom. The highest BCUT2D eigenvalue weighted by molar-refractivity contribution is 6.10. The first-order chi connectivity index (χ1) is 25.8. The normalized spacial score (nSPS) is 14.4. The molecule has 5 nitrogen and oxygen atoms in total. The fourth-order valence-electron chi connectivity index (χ4n) is 8.37. The maximum atomic E-state index is 7.01. The minimum absolute atomic E-state index is 0.00664. The van der Waals surface area contributed by atoms with Gasteiger partial charge in [0.15, 0.2) is 0 Å². The molecule has 5 heteroatoms. The van der Waals surface area contributed by atoms with Gasteiger partial charge in [-0.05, 0) is 119 Å². The molecule has 0 saturated carbocycles. The van der Waals surface area contributed by atoms with Crippen LogP contribution in [0.3, 0.4) is 0 Å². The summed E-state index contributed by atoms with van der Waals surface area (Å²) in [4.78, 5) is 9.55. The highest BCUT2D eigenvalue weighted by Crippen LogP contribution is 2.43. The summed E-state index contributed by atoms with van der Waals surface area (Å²) in [6.07, 6.45) is 10.7. The van der Waals surface area contributed by atoms with Crippen LogP contribution in [0, 0.1) is 13.8 Å². The smallest absolute Gasteiger partial charge is 0.137 e. The number of ether oxygens (including phenoxy) is 1. The number of aryl methyl sites for hydroxylation is 2. The molecule has 0 aliphatic carbocycles. The van der Waals surface area contributed by atoms with E-state index in [1.807, 2.05) is 6.20 Å². The summed E-state index contributed by atoms with van der Waals surface area (Å²) >= 11 is 0. The van der Waals surface area contributed by atoms with Crippen LogP contribution >= 0.6 is 0 Å². The second kappa shape index (κ2) is 13.4. The molecule has 54 heavy (non-hydrogen) atoms. The topological polar surface area (TPSA) is 33.5 Å². The molecule has 274 valence electrons. The summed E-state index contributed by atoms with van der Waals surface area (Å²) in [5.74, 6) is 4.43. The van der Waals surface area contributed by atoms with Crippen LogP contribution in [0.4, 0.5) is 0 Å². The molecule has 0 spiro atoms. The van der Waals surface area contributed by atoms with Gasteiger partial charge in [0.2, 0.25) is 0 Å². The number of benzene rings is 4. The van der Waals surface area contributed by atoms with Gasteiger partial charge >= 0.3 is 0 Å². The van der Waals surface area contributed by atoms with Gasteiger partial charge in [-0.2, -0.15) is 0 Å². The van der Waals surface area contributed by atoms with Crippen LogP contribution in [-0.4, -0.2) is 32.9 Å². The fourth-order valence-corrected chi connectivity index (χ4v) is 8.37. The van der Waals surface area contributed by atoms with E-state index in [4.69, 9.17) is 9.72 Å². The lowest BCUT2D eigenvalue weighted by molar-refractivity contribution is 0.426. The Bertz CT molecular complexity index is 2510. The number of allylic oxidation sites excluding steroid dienone is 2. The van der Waals surface area contributed by atoms with Crippen molar-refractivity contribution < 1.29 is 4.74 Å². The maximum Gasteiger partial charge on any atom is 0.137 e. The average molecular weight is 713 g/mol. The second-order valence-corrected chi connectivity index (χ2v) is 16.8.